The van der Waals surface area contributed by atoms with Crippen molar-refractivity contribution >= 4 is 29.0 Å². The second kappa shape index (κ2) is 9.60. The lowest BCUT2D eigenvalue weighted by molar-refractivity contribution is 0.0792. The average molecular weight is 452 g/mol. The first-order valence-corrected chi connectivity index (χ1v) is 10.4. The smallest absolute Gasteiger partial charge is 0.271 e. The first-order chi connectivity index (χ1) is 15.9. The van der Waals surface area contributed by atoms with Crippen LogP contribution in [0.4, 0.5) is 26.0 Å². The van der Waals surface area contributed by atoms with Crippen LogP contribution in [0.25, 0.3) is 0 Å². The maximum Gasteiger partial charge on any atom is 0.271 e. The molecule has 4 N–H and O–H groups in total. The molecule has 3 aromatic rings. The van der Waals surface area contributed by atoms with Gasteiger partial charge in [0.2, 0.25) is 0 Å². The van der Waals surface area contributed by atoms with Crippen molar-refractivity contribution in [1.82, 2.24) is 15.1 Å². The zero-order valence-corrected chi connectivity index (χ0v) is 17.6. The van der Waals surface area contributed by atoms with Crippen molar-refractivity contribution in [3.05, 3.63) is 77.0 Å². The number of anilines is 3. The van der Waals surface area contributed by atoms with Crippen molar-refractivity contribution in [2.75, 3.05) is 23.7 Å². The highest BCUT2D eigenvalue weighted by atomic mass is 19.1. The Kier molecular flexibility index (Phi) is 6.43. The van der Waals surface area contributed by atoms with Gasteiger partial charge in [-0.2, -0.15) is 0 Å². The Morgan fingerprint density at radius 2 is 1.67 bits per heavy atom. The van der Waals surface area contributed by atoms with Crippen LogP contribution >= 0.6 is 0 Å². The number of likely N-dealkylation sites (tertiary alicyclic amines) is 1. The molecule has 1 aliphatic rings. The maximum absolute atomic E-state index is 13.9. The fraction of sp³-hybridized carbons (Fsp3) is 0.217. The van der Waals surface area contributed by atoms with E-state index >= 15 is 0 Å². The SMILES string of the molecule is NC(=O)c1nnc(Nc2ccc(C(=O)N3CCCC3)cc2)cc1NCc1c(F)cccc1F. The number of carbonyl (C=O) groups excluding carboxylic acids is 2. The van der Waals surface area contributed by atoms with Crippen LogP contribution in [0.3, 0.4) is 0 Å². The minimum Gasteiger partial charge on any atom is -0.379 e. The Hall–Kier alpha value is -4.08. The number of amides is 2. The number of primary amides is 1. The van der Waals surface area contributed by atoms with E-state index in [1.807, 2.05) is 4.90 Å². The van der Waals surface area contributed by atoms with Gasteiger partial charge in [-0.05, 0) is 49.2 Å². The van der Waals surface area contributed by atoms with Gasteiger partial charge in [-0.25, -0.2) is 8.78 Å². The zero-order chi connectivity index (χ0) is 23.4. The first-order valence-electron chi connectivity index (χ1n) is 10.4. The average Bonchev–Trinajstić information content (AvgIpc) is 3.34. The lowest BCUT2D eigenvalue weighted by atomic mass is 10.1. The maximum atomic E-state index is 13.9. The standard InChI is InChI=1S/C23H22F2N6O2/c24-17-4-3-5-18(25)16(17)13-27-19-12-20(29-30-21(19)22(26)32)28-15-8-6-14(7-9-15)23(33)31-10-1-2-11-31/h3-9,12H,1-2,10-11,13H2,(H2,26,32)(H2,27,28,29). The Balaban J connectivity index is 1.50. The number of nitrogens with zero attached hydrogens (tertiary/aromatic N) is 3. The van der Waals surface area contributed by atoms with Crippen LogP contribution in [-0.2, 0) is 6.54 Å². The summed E-state index contributed by atoms with van der Waals surface area (Å²) in [6.07, 6.45) is 2.04. The number of nitrogens with two attached hydrogens (primary N) is 1. The fourth-order valence-corrected chi connectivity index (χ4v) is 3.60. The Morgan fingerprint density at radius 3 is 2.30 bits per heavy atom. The second-order valence-electron chi connectivity index (χ2n) is 7.61. The predicted molar refractivity (Wildman–Crippen MR) is 119 cm³/mol. The number of aromatic nitrogens is 2. The molecule has 2 amide bonds. The molecule has 170 valence electrons. The number of hydrogen-bond acceptors (Lipinski definition) is 6. The van der Waals surface area contributed by atoms with Gasteiger partial charge in [-0.15, -0.1) is 10.2 Å². The van der Waals surface area contributed by atoms with Gasteiger partial charge in [-0.1, -0.05) is 6.07 Å². The van der Waals surface area contributed by atoms with Crippen LogP contribution in [0.1, 0.15) is 39.3 Å². The number of halogens is 2. The first kappa shape index (κ1) is 22.1. The minimum absolute atomic E-state index is 0.00323. The van der Waals surface area contributed by atoms with E-state index in [-0.39, 0.29) is 35.2 Å². The van der Waals surface area contributed by atoms with E-state index in [1.165, 1.54) is 12.1 Å². The summed E-state index contributed by atoms with van der Waals surface area (Å²) >= 11 is 0. The lowest BCUT2D eigenvalue weighted by Gasteiger charge is -2.15. The fourth-order valence-electron chi connectivity index (χ4n) is 3.60. The van der Waals surface area contributed by atoms with Crippen LogP contribution in [-0.4, -0.2) is 40.0 Å². The molecule has 1 aromatic heterocycles. The number of benzene rings is 2. The number of rotatable bonds is 7. The summed E-state index contributed by atoms with van der Waals surface area (Å²) in [5, 5.41) is 13.6. The molecule has 0 spiro atoms. The van der Waals surface area contributed by atoms with Gasteiger partial charge >= 0.3 is 0 Å². The monoisotopic (exact) mass is 452 g/mol. The molecule has 0 atom stereocenters. The van der Waals surface area contributed by atoms with Crippen molar-refractivity contribution in [3.8, 4) is 0 Å². The third-order valence-corrected chi connectivity index (χ3v) is 5.34. The molecule has 1 saturated heterocycles. The van der Waals surface area contributed by atoms with Crippen molar-refractivity contribution in [2.45, 2.75) is 19.4 Å². The van der Waals surface area contributed by atoms with Crippen LogP contribution in [0, 0.1) is 11.6 Å². The summed E-state index contributed by atoms with van der Waals surface area (Å²) in [6.45, 7) is 1.32. The quantitative estimate of drug-likeness (QED) is 0.506. The van der Waals surface area contributed by atoms with Crippen LogP contribution in [0.5, 0.6) is 0 Å². The molecule has 0 bridgehead atoms. The number of nitrogens with one attached hydrogen (secondary N) is 2. The summed E-state index contributed by atoms with van der Waals surface area (Å²) in [4.78, 5) is 26.0. The van der Waals surface area contributed by atoms with Crippen molar-refractivity contribution in [2.24, 2.45) is 5.73 Å². The van der Waals surface area contributed by atoms with E-state index in [9.17, 15) is 18.4 Å². The van der Waals surface area contributed by atoms with Gasteiger partial charge in [0.1, 0.15) is 11.6 Å². The number of carbonyl (C=O) groups is 2. The van der Waals surface area contributed by atoms with Crippen molar-refractivity contribution < 1.29 is 18.4 Å². The van der Waals surface area contributed by atoms with E-state index in [4.69, 9.17) is 5.73 Å². The molecule has 4 rings (SSSR count). The van der Waals surface area contributed by atoms with Crippen molar-refractivity contribution in [3.63, 3.8) is 0 Å². The normalized spacial score (nSPS) is 13.1. The Morgan fingerprint density at radius 1 is 1.00 bits per heavy atom. The highest BCUT2D eigenvalue weighted by molar-refractivity contribution is 5.97. The van der Waals surface area contributed by atoms with Crippen molar-refractivity contribution in [1.29, 1.82) is 0 Å². The van der Waals surface area contributed by atoms with Crippen LogP contribution < -0.4 is 16.4 Å². The molecule has 0 unspecified atom stereocenters. The molecule has 33 heavy (non-hydrogen) atoms. The molecule has 1 fully saturated rings. The van der Waals surface area contributed by atoms with E-state index in [0.29, 0.717) is 11.3 Å². The van der Waals surface area contributed by atoms with E-state index < -0.39 is 17.5 Å². The lowest BCUT2D eigenvalue weighted by Crippen LogP contribution is -2.27. The summed E-state index contributed by atoms with van der Waals surface area (Å²) in [5.41, 5.74) is 6.41. The molecule has 1 aliphatic heterocycles. The minimum atomic E-state index is -0.838. The summed E-state index contributed by atoms with van der Waals surface area (Å²) in [7, 11) is 0. The molecule has 0 radical (unpaired) electrons. The molecule has 2 aromatic carbocycles. The van der Waals surface area contributed by atoms with Gasteiger partial charge in [0.05, 0.1) is 5.69 Å². The third kappa shape index (κ3) is 5.05. The van der Waals surface area contributed by atoms with E-state index in [2.05, 4.69) is 20.8 Å². The largest absolute Gasteiger partial charge is 0.379 e. The van der Waals surface area contributed by atoms with Gasteiger partial charge in [0, 0.05) is 42.5 Å². The Labute approximate surface area is 188 Å². The summed E-state index contributed by atoms with van der Waals surface area (Å²) in [5.74, 6) is -2.00. The van der Waals surface area contributed by atoms with Crippen LogP contribution in [0.2, 0.25) is 0 Å². The van der Waals surface area contributed by atoms with Gasteiger partial charge in [0.25, 0.3) is 11.8 Å². The Bertz CT molecular complexity index is 1160. The highest BCUT2D eigenvalue weighted by Crippen LogP contribution is 2.23. The van der Waals surface area contributed by atoms with E-state index in [1.54, 1.807) is 24.3 Å². The summed E-state index contributed by atoms with van der Waals surface area (Å²) < 4.78 is 27.9. The predicted octanol–water partition coefficient (Wildman–Crippen LogP) is 3.45. The molecule has 10 heteroatoms. The van der Waals surface area contributed by atoms with Gasteiger partial charge in [-0.3, -0.25) is 9.59 Å². The molecule has 0 saturated carbocycles. The van der Waals surface area contributed by atoms with Gasteiger partial charge < -0.3 is 21.3 Å². The molecule has 8 nitrogen and oxygen atoms in total. The molecular weight excluding hydrogens is 430 g/mol. The van der Waals surface area contributed by atoms with Gasteiger partial charge in [0.15, 0.2) is 11.5 Å². The molecule has 0 aliphatic carbocycles. The number of hydrogen-bond donors (Lipinski definition) is 3. The zero-order valence-electron chi connectivity index (χ0n) is 17.6. The van der Waals surface area contributed by atoms with E-state index in [0.717, 1.165) is 38.1 Å². The topological polar surface area (TPSA) is 113 Å². The van der Waals surface area contributed by atoms with Crippen LogP contribution in [0.15, 0.2) is 48.5 Å². The highest BCUT2D eigenvalue weighted by Gasteiger charge is 2.19. The second-order valence-corrected chi connectivity index (χ2v) is 7.61. The summed E-state index contributed by atoms with van der Waals surface area (Å²) in [6, 6.07) is 11.9. The molecular formula is C23H22F2N6O2. The third-order valence-electron chi connectivity index (χ3n) is 5.34. The molecule has 2 heterocycles.